The highest BCUT2D eigenvalue weighted by atomic mass is 35.5. The number of amides is 1. The number of likely N-dealkylation sites (N-methyl/N-ethyl adjacent to an activating group) is 1. The summed E-state index contributed by atoms with van der Waals surface area (Å²) in [7, 11) is 3.29. The zero-order chi connectivity index (χ0) is 13.1. The highest BCUT2D eigenvalue weighted by molar-refractivity contribution is 6.33. The second-order valence-electron chi connectivity index (χ2n) is 4.17. The van der Waals surface area contributed by atoms with Crippen LogP contribution in [-0.4, -0.2) is 25.6 Å². The van der Waals surface area contributed by atoms with Crippen molar-refractivity contribution in [2.45, 2.75) is 19.4 Å². The van der Waals surface area contributed by atoms with Crippen molar-refractivity contribution in [3.8, 4) is 5.75 Å². The van der Waals surface area contributed by atoms with E-state index in [9.17, 15) is 4.79 Å². The van der Waals surface area contributed by atoms with Crippen molar-refractivity contribution in [2.24, 2.45) is 0 Å². The number of rotatable bonds is 4. The standard InChI is InChI=1S/C12H17ClN2O2/c1-12(2,14-3)11(16)15-10-7-8(17-4)5-6-9(10)13/h5-7,14H,1-4H3,(H,15,16). The fraction of sp³-hybridized carbons (Fsp3) is 0.417. The molecule has 94 valence electrons. The van der Waals surface area contributed by atoms with E-state index in [1.807, 2.05) is 0 Å². The first kappa shape index (κ1) is 13.8. The third-order valence-corrected chi connectivity index (χ3v) is 2.94. The molecule has 0 unspecified atom stereocenters. The summed E-state index contributed by atoms with van der Waals surface area (Å²) in [4.78, 5) is 11.9. The lowest BCUT2D eigenvalue weighted by Gasteiger charge is -2.23. The lowest BCUT2D eigenvalue weighted by Crippen LogP contribution is -2.47. The lowest BCUT2D eigenvalue weighted by atomic mass is 10.1. The van der Waals surface area contributed by atoms with E-state index in [1.54, 1.807) is 46.2 Å². The number of methoxy groups -OCH3 is 1. The smallest absolute Gasteiger partial charge is 0.244 e. The highest BCUT2D eigenvalue weighted by Gasteiger charge is 2.25. The molecule has 0 spiro atoms. The fourth-order valence-corrected chi connectivity index (χ4v) is 1.28. The third kappa shape index (κ3) is 3.35. The van der Waals surface area contributed by atoms with Crippen LogP contribution in [0.1, 0.15) is 13.8 Å². The van der Waals surface area contributed by atoms with Crippen LogP contribution in [-0.2, 0) is 4.79 Å². The van der Waals surface area contributed by atoms with E-state index >= 15 is 0 Å². The van der Waals surface area contributed by atoms with Crippen molar-refractivity contribution in [3.63, 3.8) is 0 Å². The van der Waals surface area contributed by atoms with E-state index in [0.717, 1.165) is 0 Å². The molecule has 0 saturated carbocycles. The van der Waals surface area contributed by atoms with Crippen LogP contribution in [0, 0.1) is 0 Å². The minimum atomic E-state index is -0.660. The Labute approximate surface area is 106 Å². The number of hydrogen-bond acceptors (Lipinski definition) is 3. The Hall–Kier alpha value is -1.26. The fourth-order valence-electron chi connectivity index (χ4n) is 1.12. The summed E-state index contributed by atoms with van der Waals surface area (Å²) in [6.07, 6.45) is 0. The maximum absolute atomic E-state index is 11.9. The number of benzene rings is 1. The van der Waals surface area contributed by atoms with Gasteiger partial charge in [-0.25, -0.2) is 0 Å². The van der Waals surface area contributed by atoms with Crippen LogP contribution in [0.2, 0.25) is 5.02 Å². The molecule has 0 aliphatic carbocycles. The van der Waals surface area contributed by atoms with Crippen LogP contribution in [0.15, 0.2) is 18.2 Å². The van der Waals surface area contributed by atoms with Crippen LogP contribution < -0.4 is 15.4 Å². The predicted molar refractivity (Wildman–Crippen MR) is 69.8 cm³/mol. The van der Waals surface area contributed by atoms with Gasteiger partial charge in [-0.2, -0.15) is 0 Å². The molecule has 0 fully saturated rings. The molecule has 1 aromatic carbocycles. The van der Waals surface area contributed by atoms with Gasteiger partial charge < -0.3 is 15.4 Å². The van der Waals surface area contributed by atoms with E-state index in [2.05, 4.69) is 10.6 Å². The molecule has 0 aromatic heterocycles. The summed E-state index contributed by atoms with van der Waals surface area (Å²) in [5.41, 5.74) is -0.119. The number of nitrogens with one attached hydrogen (secondary N) is 2. The molecule has 0 atom stereocenters. The first-order chi connectivity index (χ1) is 7.90. The molecule has 1 aromatic rings. The molecule has 1 amide bonds. The first-order valence-electron chi connectivity index (χ1n) is 5.24. The van der Waals surface area contributed by atoms with Crippen molar-refractivity contribution in [1.82, 2.24) is 5.32 Å². The Bertz CT molecular complexity index is 419. The summed E-state index contributed by atoms with van der Waals surface area (Å²) in [6.45, 7) is 3.58. The molecule has 2 N–H and O–H groups in total. The molecular formula is C12H17ClN2O2. The number of ether oxygens (including phenoxy) is 1. The highest BCUT2D eigenvalue weighted by Crippen LogP contribution is 2.27. The van der Waals surface area contributed by atoms with Gasteiger partial charge in [-0.05, 0) is 33.0 Å². The van der Waals surface area contributed by atoms with Crippen LogP contribution in [0.25, 0.3) is 0 Å². The summed E-state index contributed by atoms with van der Waals surface area (Å²) in [5.74, 6) is 0.488. The van der Waals surface area contributed by atoms with E-state index in [1.165, 1.54) is 0 Å². The molecule has 0 heterocycles. The molecule has 1 rings (SSSR count). The van der Waals surface area contributed by atoms with Gasteiger partial charge in [-0.1, -0.05) is 11.6 Å². The van der Waals surface area contributed by atoms with E-state index in [4.69, 9.17) is 16.3 Å². The summed E-state index contributed by atoms with van der Waals surface area (Å²) < 4.78 is 5.08. The second-order valence-corrected chi connectivity index (χ2v) is 4.58. The molecule has 0 aliphatic heterocycles. The molecule has 5 heteroatoms. The number of hydrogen-bond donors (Lipinski definition) is 2. The lowest BCUT2D eigenvalue weighted by molar-refractivity contribution is -0.121. The Balaban J connectivity index is 2.91. The van der Waals surface area contributed by atoms with Gasteiger partial charge in [0.25, 0.3) is 0 Å². The van der Waals surface area contributed by atoms with Gasteiger partial charge in [0.2, 0.25) is 5.91 Å². The number of carbonyl (C=O) groups excluding carboxylic acids is 1. The van der Waals surface area contributed by atoms with Crippen molar-refractivity contribution >= 4 is 23.2 Å². The Morgan fingerprint density at radius 3 is 2.59 bits per heavy atom. The maximum atomic E-state index is 11.9. The van der Waals surface area contributed by atoms with Crippen molar-refractivity contribution in [2.75, 3.05) is 19.5 Å². The molecule has 0 bridgehead atoms. The second kappa shape index (κ2) is 5.38. The summed E-state index contributed by atoms with van der Waals surface area (Å²) in [5, 5.41) is 6.16. The number of carbonyl (C=O) groups is 1. The van der Waals surface area contributed by atoms with Crippen molar-refractivity contribution < 1.29 is 9.53 Å². The normalized spacial score (nSPS) is 11.1. The van der Waals surface area contributed by atoms with Gasteiger partial charge in [-0.15, -0.1) is 0 Å². The van der Waals surface area contributed by atoms with E-state index < -0.39 is 5.54 Å². The van der Waals surface area contributed by atoms with Gasteiger partial charge in [0, 0.05) is 6.07 Å². The minimum absolute atomic E-state index is 0.157. The Morgan fingerprint density at radius 1 is 1.41 bits per heavy atom. The molecule has 0 saturated heterocycles. The molecular weight excluding hydrogens is 240 g/mol. The molecule has 4 nitrogen and oxygen atoms in total. The Morgan fingerprint density at radius 2 is 2.06 bits per heavy atom. The van der Waals surface area contributed by atoms with Gasteiger partial charge in [0.15, 0.2) is 0 Å². The average Bonchev–Trinajstić information content (AvgIpc) is 2.31. The quantitative estimate of drug-likeness (QED) is 0.869. The van der Waals surface area contributed by atoms with E-state index in [-0.39, 0.29) is 5.91 Å². The largest absolute Gasteiger partial charge is 0.497 e. The van der Waals surface area contributed by atoms with Crippen LogP contribution in [0.4, 0.5) is 5.69 Å². The monoisotopic (exact) mass is 256 g/mol. The average molecular weight is 257 g/mol. The minimum Gasteiger partial charge on any atom is -0.497 e. The van der Waals surface area contributed by atoms with Crippen molar-refractivity contribution in [1.29, 1.82) is 0 Å². The van der Waals surface area contributed by atoms with Gasteiger partial charge in [0.1, 0.15) is 5.75 Å². The number of halogens is 1. The van der Waals surface area contributed by atoms with Gasteiger partial charge >= 0.3 is 0 Å². The summed E-state index contributed by atoms with van der Waals surface area (Å²) >= 11 is 6.00. The molecule has 17 heavy (non-hydrogen) atoms. The zero-order valence-electron chi connectivity index (χ0n) is 10.4. The summed E-state index contributed by atoms with van der Waals surface area (Å²) in [6, 6.07) is 5.11. The van der Waals surface area contributed by atoms with Crippen molar-refractivity contribution in [3.05, 3.63) is 23.2 Å². The molecule has 0 radical (unpaired) electrons. The predicted octanol–water partition coefficient (Wildman–Crippen LogP) is 2.29. The first-order valence-corrected chi connectivity index (χ1v) is 5.62. The molecule has 0 aliphatic rings. The number of anilines is 1. The SMILES string of the molecule is CNC(C)(C)C(=O)Nc1cc(OC)ccc1Cl. The topological polar surface area (TPSA) is 50.4 Å². The maximum Gasteiger partial charge on any atom is 0.244 e. The van der Waals surface area contributed by atoms with Crippen LogP contribution in [0.3, 0.4) is 0 Å². The van der Waals surface area contributed by atoms with Gasteiger partial charge in [-0.3, -0.25) is 4.79 Å². The van der Waals surface area contributed by atoms with Crippen LogP contribution >= 0.6 is 11.6 Å². The van der Waals surface area contributed by atoms with Crippen LogP contribution in [0.5, 0.6) is 5.75 Å². The van der Waals surface area contributed by atoms with E-state index in [0.29, 0.717) is 16.5 Å². The zero-order valence-corrected chi connectivity index (χ0v) is 11.2. The third-order valence-electron chi connectivity index (χ3n) is 2.61. The van der Waals surface area contributed by atoms with Gasteiger partial charge in [0.05, 0.1) is 23.4 Å². The Kier molecular flexibility index (Phi) is 4.37.